The van der Waals surface area contributed by atoms with Crippen LogP contribution in [0.25, 0.3) is 0 Å². The van der Waals surface area contributed by atoms with Crippen molar-refractivity contribution in [2.24, 2.45) is 5.92 Å². The molecular formula is C11H20N2OS. The van der Waals surface area contributed by atoms with Crippen LogP contribution < -0.4 is 5.32 Å². The van der Waals surface area contributed by atoms with Crippen LogP contribution >= 0.6 is 11.3 Å². The quantitative estimate of drug-likeness (QED) is 0.787. The number of thiazole rings is 1. The van der Waals surface area contributed by atoms with Crippen molar-refractivity contribution in [2.45, 2.75) is 39.7 Å². The molecular weight excluding hydrogens is 208 g/mol. The number of aryl methyl sites for hydroxylation is 1. The van der Waals surface area contributed by atoms with Gasteiger partial charge in [0.25, 0.3) is 0 Å². The predicted octanol–water partition coefficient (Wildman–Crippen LogP) is 2.66. The van der Waals surface area contributed by atoms with Gasteiger partial charge in [0.2, 0.25) is 0 Å². The SMILES string of the molecule is CCC(CC)C(O)CNc1nc(C)cs1. The number of aromatic nitrogens is 1. The summed E-state index contributed by atoms with van der Waals surface area (Å²) in [4.78, 5) is 4.29. The average Bonchev–Trinajstić information content (AvgIpc) is 2.63. The Bertz CT molecular complexity index is 284. The van der Waals surface area contributed by atoms with Crippen LogP contribution in [0.15, 0.2) is 5.38 Å². The van der Waals surface area contributed by atoms with Gasteiger partial charge in [0, 0.05) is 11.9 Å². The second-order valence-corrected chi connectivity index (χ2v) is 4.68. The normalized spacial score (nSPS) is 13.1. The molecule has 0 aromatic carbocycles. The van der Waals surface area contributed by atoms with E-state index in [0.717, 1.165) is 23.7 Å². The fourth-order valence-corrected chi connectivity index (χ4v) is 2.32. The maximum absolute atomic E-state index is 9.89. The van der Waals surface area contributed by atoms with Crippen molar-refractivity contribution < 1.29 is 5.11 Å². The minimum absolute atomic E-state index is 0.274. The van der Waals surface area contributed by atoms with E-state index in [-0.39, 0.29) is 6.10 Å². The van der Waals surface area contributed by atoms with Gasteiger partial charge in [-0.25, -0.2) is 4.98 Å². The van der Waals surface area contributed by atoms with E-state index in [2.05, 4.69) is 24.1 Å². The van der Waals surface area contributed by atoms with Gasteiger partial charge in [0.05, 0.1) is 11.8 Å². The molecule has 2 N–H and O–H groups in total. The fraction of sp³-hybridized carbons (Fsp3) is 0.727. The third-order valence-corrected chi connectivity index (χ3v) is 3.59. The van der Waals surface area contributed by atoms with E-state index in [1.807, 2.05) is 12.3 Å². The van der Waals surface area contributed by atoms with E-state index in [1.165, 1.54) is 0 Å². The molecule has 1 atom stereocenters. The van der Waals surface area contributed by atoms with Crippen molar-refractivity contribution in [3.63, 3.8) is 0 Å². The standard InChI is InChI=1S/C11H20N2OS/c1-4-9(5-2)10(14)6-12-11-13-8(3)7-15-11/h7,9-10,14H,4-6H2,1-3H3,(H,12,13). The highest BCUT2D eigenvalue weighted by atomic mass is 32.1. The molecule has 1 heterocycles. The molecule has 1 aromatic heterocycles. The lowest BCUT2D eigenvalue weighted by molar-refractivity contribution is 0.114. The zero-order chi connectivity index (χ0) is 11.3. The Hall–Kier alpha value is -0.610. The first-order valence-electron chi connectivity index (χ1n) is 5.51. The Morgan fingerprint density at radius 3 is 2.60 bits per heavy atom. The van der Waals surface area contributed by atoms with Crippen LogP contribution in [0.5, 0.6) is 0 Å². The summed E-state index contributed by atoms with van der Waals surface area (Å²) >= 11 is 1.59. The smallest absolute Gasteiger partial charge is 0.182 e. The molecule has 0 bridgehead atoms. The molecule has 86 valence electrons. The fourth-order valence-electron chi connectivity index (χ4n) is 1.63. The summed E-state index contributed by atoms with van der Waals surface area (Å²) in [7, 11) is 0. The van der Waals surface area contributed by atoms with E-state index in [0.29, 0.717) is 12.5 Å². The van der Waals surface area contributed by atoms with Crippen molar-refractivity contribution >= 4 is 16.5 Å². The summed E-state index contributed by atoms with van der Waals surface area (Å²) in [5.74, 6) is 0.388. The van der Waals surface area contributed by atoms with Crippen LogP contribution in [0.2, 0.25) is 0 Å². The van der Waals surface area contributed by atoms with Crippen LogP contribution in [0, 0.1) is 12.8 Å². The van der Waals surface area contributed by atoms with E-state index in [1.54, 1.807) is 11.3 Å². The van der Waals surface area contributed by atoms with Gasteiger partial charge in [-0.2, -0.15) is 0 Å². The third-order valence-electron chi connectivity index (χ3n) is 2.67. The van der Waals surface area contributed by atoms with Gasteiger partial charge in [-0.05, 0) is 12.8 Å². The van der Waals surface area contributed by atoms with Crippen LogP contribution in [-0.4, -0.2) is 22.7 Å². The lowest BCUT2D eigenvalue weighted by Crippen LogP contribution is -2.27. The maximum atomic E-state index is 9.89. The molecule has 3 nitrogen and oxygen atoms in total. The Labute approximate surface area is 95.6 Å². The van der Waals surface area contributed by atoms with Crippen molar-refractivity contribution in [3.8, 4) is 0 Å². The highest BCUT2D eigenvalue weighted by Gasteiger charge is 2.15. The molecule has 0 spiro atoms. The number of aliphatic hydroxyl groups excluding tert-OH is 1. The highest BCUT2D eigenvalue weighted by Crippen LogP contribution is 2.17. The topological polar surface area (TPSA) is 45.1 Å². The lowest BCUT2D eigenvalue weighted by Gasteiger charge is -2.19. The zero-order valence-electron chi connectivity index (χ0n) is 9.66. The van der Waals surface area contributed by atoms with Crippen LogP contribution in [-0.2, 0) is 0 Å². The molecule has 4 heteroatoms. The first kappa shape index (κ1) is 12.5. The number of nitrogens with zero attached hydrogens (tertiary/aromatic N) is 1. The third kappa shape index (κ3) is 3.80. The van der Waals surface area contributed by atoms with Crippen LogP contribution in [0.1, 0.15) is 32.4 Å². The summed E-state index contributed by atoms with van der Waals surface area (Å²) in [5.41, 5.74) is 1.03. The Morgan fingerprint density at radius 1 is 1.47 bits per heavy atom. The second kappa shape index (κ2) is 6.08. The highest BCUT2D eigenvalue weighted by molar-refractivity contribution is 7.13. The number of hydrogen-bond acceptors (Lipinski definition) is 4. The van der Waals surface area contributed by atoms with Gasteiger partial charge >= 0.3 is 0 Å². The van der Waals surface area contributed by atoms with E-state index < -0.39 is 0 Å². The van der Waals surface area contributed by atoms with Gasteiger partial charge in [0.1, 0.15) is 0 Å². The van der Waals surface area contributed by atoms with E-state index >= 15 is 0 Å². The summed E-state index contributed by atoms with van der Waals surface area (Å²) in [5, 5.41) is 16.0. The number of aliphatic hydroxyl groups is 1. The van der Waals surface area contributed by atoms with Crippen LogP contribution in [0.3, 0.4) is 0 Å². The first-order valence-corrected chi connectivity index (χ1v) is 6.39. The Balaban J connectivity index is 2.36. The second-order valence-electron chi connectivity index (χ2n) is 3.82. The summed E-state index contributed by atoms with van der Waals surface area (Å²) in [6, 6.07) is 0. The number of rotatable bonds is 6. The zero-order valence-corrected chi connectivity index (χ0v) is 10.5. The van der Waals surface area contributed by atoms with Gasteiger partial charge in [-0.15, -0.1) is 11.3 Å². The van der Waals surface area contributed by atoms with Crippen molar-refractivity contribution in [1.29, 1.82) is 0 Å². The van der Waals surface area contributed by atoms with E-state index in [4.69, 9.17) is 0 Å². The molecule has 0 amide bonds. The summed E-state index contributed by atoms with van der Waals surface area (Å²) in [6.07, 6.45) is 1.77. The summed E-state index contributed by atoms with van der Waals surface area (Å²) in [6.45, 7) is 6.80. The monoisotopic (exact) mass is 228 g/mol. The molecule has 0 fully saturated rings. The minimum atomic E-state index is -0.274. The van der Waals surface area contributed by atoms with Crippen molar-refractivity contribution in [2.75, 3.05) is 11.9 Å². The molecule has 1 unspecified atom stereocenters. The Kier molecular flexibility index (Phi) is 5.05. The number of nitrogens with one attached hydrogen (secondary N) is 1. The van der Waals surface area contributed by atoms with Gasteiger partial charge in [-0.3, -0.25) is 0 Å². The molecule has 1 aromatic rings. The molecule has 0 aliphatic rings. The average molecular weight is 228 g/mol. The molecule has 0 aliphatic heterocycles. The molecule has 0 aliphatic carbocycles. The largest absolute Gasteiger partial charge is 0.391 e. The predicted molar refractivity (Wildman–Crippen MR) is 65.4 cm³/mol. The van der Waals surface area contributed by atoms with Gasteiger partial charge in [-0.1, -0.05) is 26.7 Å². The number of hydrogen-bond donors (Lipinski definition) is 2. The molecule has 0 radical (unpaired) electrons. The van der Waals surface area contributed by atoms with Gasteiger partial charge < -0.3 is 10.4 Å². The van der Waals surface area contributed by atoms with E-state index in [9.17, 15) is 5.11 Å². The lowest BCUT2D eigenvalue weighted by atomic mass is 9.97. The van der Waals surface area contributed by atoms with Crippen molar-refractivity contribution in [3.05, 3.63) is 11.1 Å². The van der Waals surface area contributed by atoms with Gasteiger partial charge in [0.15, 0.2) is 5.13 Å². The molecule has 0 saturated carbocycles. The Morgan fingerprint density at radius 2 is 2.13 bits per heavy atom. The first-order chi connectivity index (χ1) is 7.17. The van der Waals surface area contributed by atoms with Crippen molar-refractivity contribution in [1.82, 2.24) is 4.98 Å². The number of anilines is 1. The molecule has 0 saturated heterocycles. The summed E-state index contributed by atoms with van der Waals surface area (Å²) < 4.78 is 0. The molecule has 1 rings (SSSR count). The maximum Gasteiger partial charge on any atom is 0.182 e. The molecule has 15 heavy (non-hydrogen) atoms. The van der Waals surface area contributed by atoms with Crippen LogP contribution in [0.4, 0.5) is 5.13 Å². The minimum Gasteiger partial charge on any atom is -0.391 e.